The van der Waals surface area contributed by atoms with Gasteiger partial charge in [0.25, 0.3) is 11.8 Å². The van der Waals surface area contributed by atoms with E-state index in [2.05, 4.69) is 0 Å². The van der Waals surface area contributed by atoms with Crippen molar-refractivity contribution in [1.29, 1.82) is 5.26 Å². The number of methoxy groups -OCH3 is 2. The van der Waals surface area contributed by atoms with E-state index in [1.165, 1.54) is 7.11 Å². The molecule has 7 heteroatoms. The average molecular weight is 423 g/mol. The van der Waals surface area contributed by atoms with Gasteiger partial charge in [-0.05, 0) is 42.3 Å². The van der Waals surface area contributed by atoms with E-state index in [0.29, 0.717) is 33.2 Å². The zero-order valence-corrected chi connectivity index (χ0v) is 17.5. The molecule has 0 fully saturated rings. The van der Waals surface area contributed by atoms with Crippen molar-refractivity contribution in [2.75, 3.05) is 14.2 Å². The topological polar surface area (TPSA) is 79.6 Å². The highest BCUT2D eigenvalue weighted by Gasteiger charge is 2.35. The highest BCUT2D eigenvalue weighted by molar-refractivity contribution is 6.31. The number of rotatable bonds is 5. The number of benzene rings is 2. The van der Waals surface area contributed by atoms with E-state index in [0.717, 1.165) is 4.90 Å². The second-order valence-electron chi connectivity index (χ2n) is 6.57. The third kappa shape index (κ3) is 3.93. The number of halogens is 1. The SMILES string of the molecule is COc1ccc(/C=C2/C(=O)N(Cc3ccccc3Cl)C(=O)C(C#N)=C2C)c(OC)c1. The van der Waals surface area contributed by atoms with Crippen molar-refractivity contribution in [3.63, 3.8) is 0 Å². The van der Waals surface area contributed by atoms with E-state index < -0.39 is 11.8 Å². The Kier molecular flexibility index (Phi) is 6.24. The lowest BCUT2D eigenvalue weighted by Crippen LogP contribution is -2.42. The molecule has 2 aromatic carbocycles. The molecule has 0 unspecified atom stereocenters. The van der Waals surface area contributed by atoms with Gasteiger partial charge in [-0.15, -0.1) is 0 Å². The minimum absolute atomic E-state index is 0.0348. The number of carbonyl (C=O) groups is 2. The second-order valence-corrected chi connectivity index (χ2v) is 6.97. The van der Waals surface area contributed by atoms with Gasteiger partial charge in [0.15, 0.2) is 0 Å². The lowest BCUT2D eigenvalue weighted by molar-refractivity contribution is -0.141. The van der Waals surface area contributed by atoms with Crippen molar-refractivity contribution in [2.45, 2.75) is 13.5 Å². The fraction of sp³-hybridized carbons (Fsp3) is 0.174. The normalized spacial score (nSPS) is 15.4. The lowest BCUT2D eigenvalue weighted by atomic mass is 9.93. The van der Waals surface area contributed by atoms with Gasteiger partial charge < -0.3 is 9.47 Å². The molecule has 0 spiro atoms. The van der Waals surface area contributed by atoms with Gasteiger partial charge in [0, 0.05) is 22.2 Å². The molecule has 6 nitrogen and oxygen atoms in total. The minimum Gasteiger partial charge on any atom is -0.497 e. The number of nitriles is 1. The first-order valence-corrected chi connectivity index (χ1v) is 9.43. The summed E-state index contributed by atoms with van der Waals surface area (Å²) in [6.07, 6.45) is 1.61. The van der Waals surface area contributed by atoms with Gasteiger partial charge in [0.2, 0.25) is 0 Å². The summed E-state index contributed by atoms with van der Waals surface area (Å²) in [7, 11) is 3.05. The van der Waals surface area contributed by atoms with Crippen molar-refractivity contribution in [3.8, 4) is 17.6 Å². The molecule has 1 aliphatic rings. The van der Waals surface area contributed by atoms with Crippen LogP contribution < -0.4 is 9.47 Å². The number of ether oxygens (including phenoxy) is 2. The Labute approximate surface area is 179 Å². The third-order valence-electron chi connectivity index (χ3n) is 4.85. The van der Waals surface area contributed by atoms with Crippen molar-refractivity contribution < 1.29 is 19.1 Å². The van der Waals surface area contributed by atoms with Crippen LogP contribution in [-0.2, 0) is 16.1 Å². The summed E-state index contributed by atoms with van der Waals surface area (Å²) in [5.74, 6) is -0.0481. The molecule has 0 saturated heterocycles. The molecule has 2 amide bonds. The highest BCUT2D eigenvalue weighted by atomic mass is 35.5. The van der Waals surface area contributed by atoms with E-state index >= 15 is 0 Å². The molecular weight excluding hydrogens is 404 g/mol. The number of imide groups is 1. The minimum atomic E-state index is -0.640. The third-order valence-corrected chi connectivity index (χ3v) is 5.22. The van der Waals surface area contributed by atoms with Crippen LogP contribution in [0, 0.1) is 11.3 Å². The van der Waals surface area contributed by atoms with Gasteiger partial charge in [-0.3, -0.25) is 14.5 Å². The maximum atomic E-state index is 13.2. The molecule has 3 rings (SSSR count). The Hall–Kier alpha value is -3.56. The first-order valence-electron chi connectivity index (χ1n) is 9.06. The Balaban J connectivity index is 2.10. The van der Waals surface area contributed by atoms with Crippen LogP contribution in [0.4, 0.5) is 0 Å². The van der Waals surface area contributed by atoms with E-state index in [-0.39, 0.29) is 17.7 Å². The summed E-state index contributed by atoms with van der Waals surface area (Å²) in [5, 5.41) is 9.98. The molecule has 0 aliphatic carbocycles. The van der Waals surface area contributed by atoms with Gasteiger partial charge >= 0.3 is 0 Å². The van der Waals surface area contributed by atoms with Gasteiger partial charge in [-0.2, -0.15) is 5.26 Å². The average Bonchev–Trinajstić information content (AvgIpc) is 2.75. The summed E-state index contributed by atoms with van der Waals surface area (Å²) in [6.45, 7) is 1.55. The van der Waals surface area contributed by atoms with Crippen LogP contribution in [0.3, 0.4) is 0 Å². The van der Waals surface area contributed by atoms with Crippen molar-refractivity contribution in [1.82, 2.24) is 4.90 Å². The van der Waals surface area contributed by atoms with Crippen LogP contribution in [0.2, 0.25) is 5.02 Å². The molecule has 1 aliphatic heterocycles. The maximum absolute atomic E-state index is 13.2. The largest absolute Gasteiger partial charge is 0.497 e. The van der Waals surface area contributed by atoms with Crippen LogP contribution in [-0.4, -0.2) is 30.9 Å². The molecular formula is C23H19ClN2O4. The molecule has 1 heterocycles. The Morgan fingerprint density at radius 3 is 2.47 bits per heavy atom. The van der Waals surface area contributed by atoms with E-state index in [1.807, 2.05) is 6.07 Å². The van der Waals surface area contributed by atoms with Crippen LogP contribution in [0.15, 0.2) is 59.2 Å². The van der Waals surface area contributed by atoms with Gasteiger partial charge in [0.1, 0.15) is 23.1 Å². The molecule has 0 N–H and O–H groups in total. The Morgan fingerprint density at radius 2 is 1.83 bits per heavy atom. The lowest BCUT2D eigenvalue weighted by Gasteiger charge is -2.28. The summed E-state index contributed by atoms with van der Waals surface area (Å²) >= 11 is 6.20. The van der Waals surface area contributed by atoms with E-state index in [9.17, 15) is 14.9 Å². The quantitative estimate of drug-likeness (QED) is 0.534. The first kappa shape index (κ1) is 21.2. The zero-order chi connectivity index (χ0) is 21.8. The predicted molar refractivity (Wildman–Crippen MR) is 113 cm³/mol. The first-order chi connectivity index (χ1) is 14.4. The monoisotopic (exact) mass is 422 g/mol. The fourth-order valence-corrected chi connectivity index (χ4v) is 3.36. The molecule has 0 bridgehead atoms. The van der Waals surface area contributed by atoms with Crippen molar-refractivity contribution >= 4 is 29.5 Å². The molecule has 0 atom stereocenters. The molecule has 152 valence electrons. The zero-order valence-electron chi connectivity index (χ0n) is 16.7. The number of hydrogen-bond acceptors (Lipinski definition) is 5. The summed E-state index contributed by atoms with van der Waals surface area (Å²) in [6, 6.07) is 14.0. The number of hydrogen-bond donors (Lipinski definition) is 0. The molecule has 30 heavy (non-hydrogen) atoms. The highest BCUT2D eigenvalue weighted by Crippen LogP contribution is 2.32. The van der Waals surface area contributed by atoms with Gasteiger partial charge in [0.05, 0.1) is 20.8 Å². The summed E-state index contributed by atoms with van der Waals surface area (Å²) < 4.78 is 10.6. The predicted octanol–water partition coefficient (Wildman–Crippen LogP) is 4.15. The van der Waals surface area contributed by atoms with Crippen LogP contribution in [0.1, 0.15) is 18.1 Å². The summed E-state index contributed by atoms with van der Waals surface area (Å²) in [4.78, 5) is 27.1. The number of nitrogens with zero attached hydrogens (tertiary/aromatic N) is 2. The smallest absolute Gasteiger partial charge is 0.271 e. The van der Waals surface area contributed by atoms with Crippen molar-refractivity contribution in [3.05, 3.63) is 75.3 Å². The fourth-order valence-electron chi connectivity index (χ4n) is 3.16. The molecule has 0 saturated carbocycles. The van der Waals surface area contributed by atoms with Gasteiger partial charge in [-0.1, -0.05) is 29.8 Å². The van der Waals surface area contributed by atoms with Crippen LogP contribution >= 0.6 is 11.6 Å². The number of amides is 2. The molecule has 0 radical (unpaired) electrons. The molecule has 2 aromatic rings. The Bertz CT molecular complexity index is 1130. The van der Waals surface area contributed by atoms with Crippen LogP contribution in [0.5, 0.6) is 11.5 Å². The van der Waals surface area contributed by atoms with Crippen molar-refractivity contribution in [2.24, 2.45) is 0 Å². The number of carbonyl (C=O) groups excluding carboxylic acids is 2. The van der Waals surface area contributed by atoms with E-state index in [1.54, 1.807) is 62.6 Å². The summed E-state index contributed by atoms with van der Waals surface area (Å²) in [5.41, 5.74) is 1.70. The van der Waals surface area contributed by atoms with Gasteiger partial charge in [-0.25, -0.2) is 0 Å². The molecule has 0 aromatic heterocycles. The standard InChI is InChI=1S/C23H19ClN2O4/c1-14-18(10-15-8-9-17(29-2)11-21(15)30-3)22(27)26(23(28)19(14)12-25)13-16-6-4-5-7-20(16)24/h4-11H,13H2,1-3H3/b18-10+. The maximum Gasteiger partial charge on any atom is 0.271 e. The Morgan fingerprint density at radius 1 is 1.10 bits per heavy atom. The van der Waals surface area contributed by atoms with E-state index in [4.69, 9.17) is 21.1 Å². The van der Waals surface area contributed by atoms with Crippen LogP contribution in [0.25, 0.3) is 6.08 Å². The second kappa shape index (κ2) is 8.85.